The Balaban J connectivity index is 1.75. The van der Waals surface area contributed by atoms with E-state index in [1.807, 2.05) is 0 Å². The molecule has 1 heterocycles. The molecule has 0 radical (unpaired) electrons. The first-order valence-electron chi connectivity index (χ1n) is 14.0. The van der Waals surface area contributed by atoms with Crippen molar-refractivity contribution in [3.63, 3.8) is 0 Å². The van der Waals surface area contributed by atoms with Gasteiger partial charge in [0, 0.05) is 38.4 Å². The molecule has 3 aliphatic rings. The fourth-order valence-corrected chi connectivity index (χ4v) is 6.75. The average molecular weight is 647 g/mol. The second-order valence-electron chi connectivity index (χ2n) is 11.2. The number of rotatable bonds is 7. The maximum atomic E-state index is 14.1. The largest absolute Gasteiger partial charge is 0.507 e. The first kappa shape index (κ1) is 33.4. The van der Waals surface area contributed by atoms with E-state index in [0.29, 0.717) is 0 Å². The molecule has 0 saturated carbocycles. The van der Waals surface area contributed by atoms with Gasteiger partial charge in [0.25, 0.3) is 0 Å². The summed E-state index contributed by atoms with van der Waals surface area (Å²) in [6, 6.07) is 2.37. The van der Waals surface area contributed by atoms with Gasteiger partial charge in [0.05, 0.1) is 25.9 Å². The number of esters is 1. The molecule has 2 aromatic carbocycles. The standard InChI is InChI=1S/C31H34O15/c1-11-18-13(9-15(19(11)28(38)43-6)46-29-22(34)24(42-5)23(41-4)12(2)45-29)8-14-20(21(18)33)27(37)31(44-7)17(32)10-16(40-3)26(36)30(31,39)25(14)35/h8-10,12,22-24,26,29,33-34,36,39H,1-7H3/t12-,22-,23+,24-,26-,29+,30-,31-/m1/s1. The number of methoxy groups -OCH3 is 5. The average Bonchev–Trinajstić information content (AvgIpc) is 3.02. The predicted octanol–water partition coefficient (Wildman–Crippen LogP) is 0.124. The number of ketones is 3. The number of phenolic OH excluding ortho intramolecular Hbond substituents is 1. The molecule has 1 aliphatic heterocycles. The Kier molecular flexibility index (Phi) is 8.49. The van der Waals surface area contributed by atoms with Crippen molar-refractivity contribution in [2.75, 3.05) is 35.5 Å². The highest BCUT2D eigenvalue weighted by atomic mass is 16.7. The summed E-state index contributed by atoms with van der Waals surface area (Å²) in [4.78, 5) is 54.5. The van der Waals surface area contributed by atoms with E-state index in [9.17, 15) is 39.6 Å². The van der Waals surface area contributed by atoms with Gasteiger partial charge in [-0.3, -0.25) is 14.4 Å². The number of benzene rings is 2. The number of aryl methyl sites for hydroxylation is 1. The molecule has 4 N–H and O–H groups in total. The molecule has 1 fully saturated rings. The molecular formula is C31H34O15. The van der Waals surface area contributed by atoms with Crippen LogP contribution in [0.15, 0.2) is 24.0 Å². The maximum Gasteiger partial charge on any atom is 0.341 e. The van der Waals surface area contributed by atoms with Crippen LogP contribution in [-0.2, 0) is 33.2 Å². The normalized spacial score (nSPS) is 32.5. The van der Waals surface area contributed by atoms with Gasteiger partial charge in [-0.05, 0) is 36.9 Å². The Labute approximate surface area is 262 Å². The Hall–Kier alpha value is -3.96. The van der Waals surface area contributed by atoms with Crippen LogP contribution >= 0.6 is 0 Å². The van der Waals surface area contributed by atoms with Crippen LogP contribution in [0.25, 0.3) is 10.8 Å². The van der Waals surface area contributed by atoms with Crippen molar-refractivity contribution in [2.24, 2.45) is 0 Å². The van der Waals surface area contributed by atoms with E-state index in [4.69, 9.17) is 33.2 Å². The quantitative estimate of drug-likeness (QED) is 0.232. The van der Waals surface area contributed by atoms with Gasteiger partial charge in [0.2, 0.25) is 34.8 Å². The van der Waals surface area contributed by atoms with E-state index >= 15 is 0 Å². The van der Waals surface area contributed by atoms with Gasteiger partial charge < -0.3 is 53.6 Å². The second-order valence-corrected chi connectivity index (χ2v) is 11.2. The summed E-state index contributed by atoms with van der Waals surface area (Å²) in [5.41, 5.74) is -7.60. The minimum absolute atomic E-state index is 0.0279. The molecule has 0 bridgehead atoms. The molecule has 1 saturated heterocycles. The fourth-order valence-electron chi connectivity index (χ4n) is 6.75. The number of hydrogen-bond acceptors (Lipinski definition) is 15. The molecule has 0 spiro atoms. The van der Waals surface area contributed by atoms with Crippen LogP contribution in [0.1, 0.15) is 43.6 Å². The summed E-state index contributed by atoms with van der Waals surface area (Å²) in [7, 11) is 5.88. The Morgan fingerprint density at radius 2 is 1.63 bits per heavy atom. The molecule has 46 heavy (non-hydrogen) atoms. The number of aliphatic hydroxyl groups is 3. The SMILES string of the molecule is COC(=O)c1c(O[C@@H]2O[C@H](C)[C@H](OC)[C@H](OC)[C@H]2O)cc2cc3c(c(O)c2c1C)C(=O)[C@]1(OC)C(=O)C=C(OC)[C@@H](O)[C@]1(O)C3=O. The minimum Gasteiger partial charge on any atom is -0.507 e. The summed E-state index contributed by atoms with van der Waals surface area (Å²) in [5.74, 6) is -6.26. The van der Waals surface area contributed by atoms with Crippen LogP contribution in [0.2, 0.25) is 0 Å². The second kappa shape index (κ2) is 11.7. The van der Waals surface area contributed by atoms with Crippen LogP contribution in [-0.4, -0.2) is 127 Å². The number of carbonyl (C=O) groups excluding carboxylic acids is 4. The number of fused-ring (bicyclic) bond motifs is 3. The van der Waals surface area contributed by atoms with Crippen molar-refractivity contribution >= 4 is 34.1 Å². The van der Waals surface area contributed by atoms with E-state index < -0.39 is 94.0 Å². The summed E-state index contributed by atoms with van der Waals surface area (Å²) >= 11 is 0. The topological polar surface area (TPSA) is 214 Å². The van der Waals surface area contributed by atoms with Crippen LogP contribution in [0.5, 0.6) is 11.5 Å². The van der Waals surface area contributed by atoms with Gasteiger partial charge in [0.15, 0.2) is 6.10 Å². The van der Waals surface area contributed by atoms with Crippen molar-refractivity contribution in [3.05, 3.63) is 46.2 Å². The third-order valence-corrected chi connectivity index (χ3v) is 9.04. The number of aliphatic hydroxyl groups excluding tert-OH is 2. The van der Waals surface area contributed by atoms with Crippen molar-refractivity contribution in [3.8, 4) is 11.5 Å². The van der Waals surface area contributed by atoms with Crippen molar-refractivity contribution < 1.29 is 72.8 Å². The fraction of sp³-hybridized carbons (Fsp3) is 0.484. The molecule has 0 amide bonds. The van der Waals surface area contributed by atoms with Gasteiger partial charge >= 0.3 is 5.97 Å². The molecule has 8 atom stereocenters. The number of phenols is 1. The van der Waals surface area contributed by atoms with Crippen molar-refractivity contribution in [1.82, 2.24) is 0 Å². The van der Waals surface area contributed by atoms with Crippen LogP contribution < -0.4 is 4.74 Å². The highest BCUT2D eigenvalue weighted by molar-refractivity contribution is 6.35. The minimum atomic E-state index is -3.19. The lowest BCUT2D eigenvalue weighted by Gasteiger charge is -2.49. The lowest BCUT2D eigenvalue weighted by Crippen LogP contribution is -2.77. The van der Waals surface area contributed by atoms with E-state index in [2.05, 4.69) is 0 Å². The zero-order valence-electron chi connectivity index (χ0n) is 26.0. The summed E-state index contributed by atoms with van der Waals surface area (Å²) in [6.45, 7) is 3.08. The molecule has 2 aromatic rings. The predicted molar refractivity (Wildman–Crippen MR) is 154 cm³/mol. The molecule has 5 rings (SSSR count). The monoisotopic (exact) mass is 646 g/mol. The van der Waals surface area contributed by atoms with Crippen LogP contribution in [0, 0.1) is 6.92 Å². The van der Waals surface area contributed by atoms with Crippen LogP contribution in [0.3, 0.4) is 0 Å². The zero-order valence-corrected chi connectivity index (χ0v) is 26.0. The molecule has 15 nitrogen and oxygen atoms in total. The molecule has 2 aliphatic carbocycles. The summed E-state index contributed by atoms with van der Waals surface area (Å²) in [5, 5.41) is 45.3. The highest BCUT2D eigenvalue weighted by Gasteiger charge is 2.74. The van der Waals surface area contributed by atoms with Gasteiger partial charge in [-0.15, -0.1) is 0 Å². The summed E-state index contributed by atoms with van der Waals surface area (Å²) < 4.78 is 37.9. The van der Waals surface area contributed by atoms with Gasteiger partial charge in [-0.25, -0.2) is 4.79 Å². The smallest absolute Gasteiger partial charge is 0.341 e. The Morgan fingerprint density at radius 1 is 0.978 bits per heavy atom. The Morgan fingerprint density at radius 3 is 2.20 bits per heavy atom. The first-order chi connectivity index (χ1) is 21.7. The van der Waals surface area contributed by atoms with E-state index in [1.54, 1.807) is 6.92 Å². The number of carbonyl (C=O) groups is 4. The molecule has 248 valence electrons. The lowest BCUT2D eigenvalue weighted by molar-refractivity contribution is -0.277. The van der Waals surface area contributed by atoms with Crippen molar-refractivity contribution in [2.45, 2.75) is 61.9 Å². The molecule has 0 aromatic heterocycles. The first-order valence-corrected chi connectivity index (χ1v) is 14.0. The van der Waals surface area contributed by atoms with Gasteiger partial charge in [-0.1, -0.05) is 0 Å². The third-order valence-electron chi connectivity index (χ3n) is 9.04. The summed E-state index contributed by atoms with van der Waals surface area (Å²) in [6.07, 6.45) is -6.47. The third kappa shape index (κ3) is 4.24. The van der Waals surface area contributed by atoms with E-state index in [-0.39, 0.29) is 27.6 Å². The van der Waals surface area contributed by atoms with Crippen molar-refractivity contribution in [1.29, 1.82) is 0 Å². The van der Waals surface area contributed by atoms with Gasteiger partial charge in [0.1, 0.15) is 41.1 Å². The number of Topliss-reactive ketones (excluding diaryl/α,β-unsaturated/α-hetero) is 2. The number of aromatic hydroxyl groups is 1. The maximum absolute atomic E-state index is 14.1. The molecule has 15 heteroatoms. The molecular weight excluding hydrogens is 612 g/mol. The highest BCUT2D eigenvalue weighted by Crippen LogP contribution is 2.50. The Bertz CT molecular complexity index is 1680. The number of ether oxygens (including phenoxy) is 7. The van der Waals surface area contributed by atoms with Crippen LogP contribution in [0.4, 0.5) is 0 Å². The molecule has 0 unspecified atom stereocenters. The van der Waals surface area contributed by atoms with E-state index in [1.165, 1.54) is 27.2 Å². The number of hydrogen-bond donors (Lipinski definition) is 4. The zero-order chi connectivity index (χ0) is 34.0. The van der Waals surface area contributed by atoms with Gasteiger partial charge in [-0.2, -0.15) is 0 Å². The lowest BCUT2D eigenvalue weighted by atomic mass is 9.60. The van der Waals surface area contributed by atoms with E-state index in [0.717, 1.165) is 33.5 Å².